The first-order valence-electron chi connectivity index (χ1n) is 25.6. The van der Waals surface area contributed by atoms with Gasteiger partial charge in [-0.3, -0.25) is 0 Å². The van der Waals surface area contributed by atoms with Gasteiger partial charge in [-0.15, -0.1) is 0 Å². The normalized spacial score (nSPS) is 11.3. The first kappa shape index (κ1) is 49.2. The van der Waals surface area contributed by atoms with Gasteiger partial charge in [0.05, 0.1) is 9.79 Å². The molecule has 0 aromatic heterocycles. The first-order valence-corrected chi connectivity index (χ1v) is 28.7. The van der Waals surface area contributed by atoms with Crippen LogP contribution >= 0.6 is 23.5 Å². The average Bonchev–Trinajstić information content (AvgIpc) is 3.52. The minimum atomic E-state index is -4.20. The van der Waals surface area contributed by atoms with Crippen molar-refractivity contribution in [2.24, 2.45) is 0 Å². The van der Waals surface area contributed by atoms with E-state index in [0.717, 1.165) is 75.2 Å². The van der Waals surface area contributed by atoms with Crippen LogP contribution in [0.4, 0.5) is 0 Å². The Morgan fingerprint density at radius 2 is 0.416 bits per heavy atom. The van der Waals surface area contributed by atoms with Gasteiger partial charge in [0.15, 0.2) is 0 Å². The van der Waals surface area contributed by atoms with Crippen molar-refractivity contribution in [2.75, 3.05) is 0 Å². The van der Waals surface area contributed by atoms with Crippen LogP contribution in [0.25, 0.3) is 89.0 Å². The van der Waals surface area contributed by atoms with E-state index in [1.807, 2.05) is 84.9 Å². The van der Waals surface area contributed by atoms with E-state index in [-0.39, 0.29) is 9.79 Å². The van der Waals surface area contributed by atoms with E-state index in [9.17, 15) is 0 Å². The maximum atomic E-state index is 16.0. The lowest BCUT2D eigenvalue weighted by Crippen LogP contribution is -2.07. The molecule has 12 aromatic carbocycles. The van der Waals surface area contributed by atoms with Crippen molar-refractivity contribution in [3.05, 3.63) is 303 Å². The molecule has 0 fully saturated rings. The molecule has 0 heterocycles. The van der Waals surface area contributed by atoms with E-state index < -0.39 is 9.84 Å². The van der Waals surface area contributed by atoms with Gasteiger partial charge in [-0.2, -0.15) is 0 Å². The molecule has 0 aliphatic rings. The summed E-state index contributed by atoms with van der Waals surface area (Å²) >= 11 is 3.36. The molecule has 0 radical (unpaired) electrons. The molecule has 2 nitrogen and oxygen atoms in total. The van der Waals surface area contributed by atoms with Crippen molar-refractivity contribution >= 4 is 33.4 Å². The fraction of sp³-hybridized carbons (Fsp3) is 0. The molecule has 0 saturated heterocycles. The molecule has 5 heteroatoms. The number of hydrogen-bond donors (Lipinski definition) is 0. The topological polar surface area (TPSA) is 34.1 Å². The molecule has 0 atom stereocenters. The van der Waals surface area contributed by atoms with E-state index in [2.05, 4.69) is 218 Å². The van der Waals surface area contributed by atoms with Gasteiger partial charge < -0.3 is 0 Å². The molecule has 12 rings (SSSR count). The van der Waals surface area contributed by atoms with Crippen LogP contribution in [0.1, 0.15) is 0 Å². The minimum absolute atomic E-state index is 0.236. The van der Waals surface area contributed by atoms with Crippen molar-refractivity contribution in [1.82, 2.24) is 0 Å². The third-order valence-electron chi connectivity index (χ3n) is 13.9. The summed E-state index contributed by atoms with van der Waals surface area (Å²) in [5, 5.41) is 0. The van der Waals surface area contributed by atoms with Gasteiger partial charge >= 0.3 is 0 Å². The van der Waals surface area contributed by atoms with E-state index in [4.69, 9.17) is 0 Å². The predicted octanol–water partition coefficient (Wildman–Crippen LogP) is 20.2. The van der Waals surface area contributed by atoms with E-state index >= 15 is 8.42 Å². The van der Waals surface area contributed by atoms with E-state index in [1.165, 1.54) is 22.3 Å². The highest BCUT2D eigenvalue weighted by Gasteiger charge is 2.27. The third-order valence-corrected chi connectivity index (χ3v) is 17.8. The maximum Gasteiger partial charge on any atom is 0.207 e. The quantitative estimate of drug-likeness (QED) is 0.109. The molecule has 0 aliphatic heterocycles. The van der Waals surface area contributed by atoms with Crippen molar-refractivity contribution in [2.45, 2.75) is 29.4 Å². The van der Waals surface area contributed by atoms with Gasteiger partial charge in [0, 0.05) is 30.7 Å². The summed E-state index contributed by atoms with van der Waals surface area (Å²) in [6.07, 6.45) is 0. The predicted molar refractivity (Wildman–Crippen MR) is 323 cm³/mol. The van der Waals surface area contributed by atoms with Crippen LogP contribution in [-0.4, -0.2) is 8.42 Å². The first-order chi connectivity index (χ1) is 37.9. The molecule has 0 aliphatic carbocycles. The van der Waals surface area contributed by atoms with Crippen molar-refractivity contribution < 1.29 is 8.42 Å². The van der Waals surface area contributed by atoms with Gasteiger partial charge in [0.2, 0.25) is 9.84 Å². The summed E-state index contributed by atoms with van der Waals surface area (Å²) in [6.45, 7) is 0. The second kappa shape index (κ2) is 22.2. The molecule has 0 unspecified atom stereocenters. The van der Waals surface area contributed by atoms with Crippen molar-refractivity contribution in [3.63, 3.8) is 0 Å². The highest BCUT2D eigenvalue weighted by atomic mass is 32.2. The van der Waals surface area contributed by atoms with E-state index in [1.54, 1.807) is 23.5 Å². The molecule has 0 spiro atoms. The summed E-state index contributed by atoms with van der Waals surface area (Å²) in [7, 11) is -4.20. The number of hydrogen-bond acceptors (Lipinski definition) is 4. The summed E-state index contributed by atoms with van der Waals surface area (Å²) in [6, 6.07) is 104. The van der Waals surface area contributed by atoms with Crippen molar-refractivity contribution in [3.8, 4) is 89.0 Å². The van der Waals surface area contributed by atoms with Gasteiger partial charge in [-0.1, -0.05) is 254 Å². The summed E-state index contributed by atoms with van der Waals surface area (Å²) in [5.41, 5.74) is 15.7. The highest BCUT2D eigenvalue weighted by molar-refractivity contribution is 7.99. The summed E-state index contributed by atoms with van der Waals surface area (Å²) < 4.78 is 31.9. The lowest BCUT2D eigenvalue weighted by molar-refractivity contribution is 0.596. The zero-order valence-corrected chi connectivity index (χ0v) is 44.4. The van der Waals surface area contributed by atoms with Crippen LogP contribution in [-0.2, 0) is 9.84 Å². The Labute approximate surface area is 460 Å². The Bertz CT molecular complexity index is 3820. The lowest BCUT2D eigenvalue weighted by Gasteiger charge is -2.19. The molecule has 77 heavy (non-hydrogen) atoms. The third kappa shape index (κ3) is 10.8. The number of benzene rings is 12. The van der Waals surface area contributed by atoms with Crippen LogP contribution in [0.3, 0.4) is 0 Å². The van der Waals surface area contributed by atoms with Crippen LogP contribution < -0.4 is 0 Å². The van der Waals surface area contributed by atoms with Crippen LogP contribution in [0, 0.1) is 0 Å². The van der Waals surface area contributed by atoms with Crippen LogP contribution in [0.2, 0.25) is 0 Å². The summed E-state index contributed by atoms with van der Waals surface area (Å²) in [5.74, 6) is 0. The minimum Gasteiger partial charge on any atom is -0.218 e. The SMILES string of the molecule is O=S(=O)(c1ccc(-c2ccccc2-c2ccccc2)cc1-c1ccc(Sc2ccc(-c3ccccc3)cc2)cc1)c1ccc(-c2ccccc2-c2ccccc2)cc1-c1ccc(Sc2ccc(-c3ccccc3)cc2)cc1. The molecular weight excluding hydrogens is 993 g/mol. The summed E-state index contributed by atoms with van der Waals surface area (Å²) in [4.78, 5) is 4.81. The fourth-order valence-electron chi connectivity index (χ4n) is 10.0. The Morgan fingerprint density at radius 1 is 0.195 bits per heavy atom. The zero-order chi connectivity index (χ0) is 52.0. The molecule has 0 bridgehead atoms. The number of sulfone groups is 1. The van der Waals surface area contributed by atoms with Crippen molar-refractivity contribution in [1.29, 1.82) is 0 Å². The number of rotatable bonds is 14. The standard InChI is InChI=1S/C72H50O2S3/c73-77(74,71-47-37-59(67-27-15-13-25-65(67)55-21-9-3-10-22-55)49-69(71)57-33-43-63(44-34-57)75-61-39-29-53(30-40-61)51-17-5-1-6-18-51)72-48-38-60(68-28-16-14-26-66(68)56-23-11-4-12-24-56)50-70(72)58-35-45-64(46-36-58)76-62-41-31-54(32-42-62)52-19-7-2-8-20-52/h1-50H. The monoisotopic (exact) mass is 1040 g/mol. The second-order valence-electron chi connectivity index (χ2n) is 18.8. The molecule has 368 valence electrons. The molecule has 12 aromatic rings. The highest BCUT2D eigenvalue weighted by Crippen LogP contribution is 2.44. The van der Waals surface area contributed by atoms with Crippen LogP contribution in [0.5, 0.6) is 0 Å². The average molecular weight is 1040 g/mol. The van der Waals surface area contributed by atoms with Gasteiger partial charge in [-0.25, -0.2) is 8.42 Å². The molecular formula is C72H50O2S3. The second-order valence-corrected chi connectivity index (χ2v) is 23.0. The maximum absolute atomic E-state index is 16.0. The largest absolute Gasteiger partial charge is 0.218 e. The fourth-order valence-corrected chi connectivity index (χ4v) is 13.3. The van der Waals surface area contributed by atoms with Gasteiger partial charge in [0.1, 0.15) is 0 Å². The Balaban J connectivity index is 0.954. The molecule has 0 N–H and O–H groups in total. The Morgan fingerprint density at radius 3 is 0.727 bits per heavy atom. The molecule has 0 amide bonds. The van der Waals surface area contributed by atoms with Crippen LogP contribution in [0.15, 0.2) is 333 Å². The smallest absolute Gasteiger partial charge is 0.207 e. The zero-order valence-electron chi connectivity index (χ0n) is 41.9. The van der Waals surface area contributed by atoms with Gasteiger partial charge in [0.25, 0.3) is 0 Å². The van der Waals surface area contributed by atoms with E-state index in [0.29, 0.717) is 11.1 Å². The lowest BCUT2D eigenvalue weighted by atomic mass is 9.92. The van der Waals surface area contributed by atoms with Gasteiger partial charge in [-0.05, 0) is 151 Å². The molecule has 0 saturated carbocycles. The Kier molecular flexibility index (Phi) is 14.2. The Hall–Kier alpha value is -8.71.